The van der Waals surface area contributed by atoms with Crippen molar-refractivity contribution in [2.45, 2.75) is 19.1 Å². The van der Waals surface area contributed by atoms with Crippen LogP contribution in [0.25, 0.3) is 0 Å². The van der Waals surface area contributed by atoms with Gasteiger partial charge in [0, 0.05) is 12.1 Å². The average Bonchev–Trinajstić information content (AvgIpc) is 2.40. The first-order chi connectivity index (χ1) is 9.06. The van der Waals surface area contributed by atoms with Gasteiger partial charge in [0.1, 0.15) is 25.1 Å². The summed E-state index contributed by atoms with van der Waals surface area (Å²) >= 11 is 0. The monoisotopic (exact) mass is 267 g/mol. The molecule has 1 fully saturated rings. The molecular formula is C12H13NO6. The van der Waals surface area contributed by atoms with E-state index in [2.05, 4.69) is 0 Å². The maximum absolute atomic E-state index is 11.1. The third kappa shape index (κ3) is 3.41. The Balaban J connectivity index is 1.85. The van der Waals surface area contributed by atoms with Gasteiger partial charge in [-0.05, 0) is 19.1 Å². The average molecular weight is 267 g/mol. The van der Waals surface area contributed by atoms with Gasteiger partial charge in [0.05, 0.1) is 4.92 Å². The second-order valence-electron chi connectivity index (χ2n) is 4.09. The molecule has 0 saturated carbocycles. The van der Waals surface area contributed by atoms with Crippen molar-refractivity contribution in [1.82, 2.24) is 0 Å². The van der Waals surface area contributed by atoms with E-state index in [4.69, 9.17) is 14.2 Å². The minimum Gasteiger partial charge on any atom is -0.491 e. The summed E-state index contributed by atoms with van der Waals surface area (Å²) in [7, 11) is 0. The maximum Gasteiger partial charge on any atom is 0.335 e. The van der Waals surface area contributed by atoms with Crippen LogP contribution in [0.5, 0.6) is 5.75 Å². The molecule has 1 aliphatic heterocycles. The van der Waals surface area contributed by atoms with Crippen LogP contribution in [0, 0.1) is 10.1 Å². The number of carbonyl (C=O) groups is 1. The molecule has 0 N–H and O–H groups in total. The highest BCUT2D eigenvalue weighted by Gasteiger charge is 2.27. The smallest absolute Gasteiger partial charge is 0.335 e. The number of nitrogens with zero attached hydrogens (tertiary/aromatic N) is 1. The van der Waals surface area contributed by atoms with Gasteiger partial charge in [-0.3, -0.25) is 10.1 Å². The lowest BCUT2D eigenvalue weighted by molar-refractivity contribution is -0.384. The van der Waals surface area contributed by atoms with Crippen LogP contribution in [-0.4, -0.2) is 36.3 Å². The van der Waals surface area contributed by atoms with Crippen LogP contribution in [0.1, 0.15) is 6.92 Å². The van der Waals surface area contributed by atoms with Gasteiger partial charge in [-0.25, -0.2) is 4.79 Å². The number of esters is 1. The number of cyclic esters (lactones) is 1. The van der Waals surface area contributed by atoms with E-state index in [9.17, 15) is 14.9 Å². The van der Waals surface area contributed by atoms with Gasteiger partial charge in [-0.2, -0.15) is 0 Å². The summed E-state index contributed by atoms with van der Waals surface area (Å²) in [5, 5.41) is 10.5. The molecule has 102 valence electrons. The first-order valence-electron chi connectivity index (χ1n) is 5.75. The number of rotatable bonds is 4. The third-order valence-corrected chi connectivity index (χ3v) is 2.62. The Morgan fingerprint density at radius 1 is 1.42 bits per heavy atom. The molecule has 7 nitrogen and oxygen atoms in total. The van der Waals surface area contributed by atoms with E-state index in [0.717, 1.165) is 0 Å². The maximum atomic E-state index is 11.1. The predicted octanol–water partition coefficient (Wildman–Crippen LogP) is 1.30. The zero-order valence-corrected chi connectivity index (χ0v) is 10.3. The Hall–Kier alpha value is -2.15. The van der Waals surface area contributed by atoms with Crippen LogP contribution >= 0.6 is 0 Å². The number of carbonyl (C=O) groups excluding carboxylic acids is 1. The highest BCUT2D eigenvalue weighted by Crippen LogP contribution is 2.18. The Bertz CT molecular complexity index is 472. The second-order valence-corrected chi connectivity index (χ2v) is 4.09. The summed E-state index contributed by atoms with van der Waals surface area (Å²) in [5.74, 6) is 0.116. The van der Waals surface area contributed by atoms with Crippen molar-refractivity contribution in [2.24, 2.45) is 0 Å². The van der Waals surface area contributed by atoms with Crippen LogP contribution in [-0.2, 0) is 14.3 Å². The molecule has 19 heavy (non-hydrogen) atoms. The van der Waals surface area contributed by atoms with Crippen molar-refractivity contribution >= 4 is 11.7 Å². The molecule has 2 atom stereocenters. The van der Waals surface area contributed by atoms with Crippen LogP contribution in [0.2, 0.25) is 0 Å². The lowest BCUT2D eigenvalue weighted by Gasteiger charge is -2.26. The van der Waals surface area contributed by atoms with Gasteiger partial charge < -0.3 is 14.2 Å². The molecule has 1 aromatic carbocycles. The Kier molecular flexibility index (Phi) is 3.96. The van der Waals surface area contributed by atoms with E-state index in [-0.39, 0.29) is 31.0 Å². The molecule has 0 unspecified atom stereocenters. The van der Waals surface area contributed by atoms with Gasteiger partial charge in [0.2, 0.25) is 0 Å². The largest absolute Gasteiger partial charge is 0.491 e. The minimum atomic E-state index is -0.598. The summed E-state index contributed by atoms with van der Waals surface area (Å²) in [4.78, 5) is 21.1. The molecular weight excluding hydrogens is 254 g/mol. The van der Waals surface area contributed by atoms with Crippen molar-refractivity contribution in [3.63, 3.8) is 0 Å². The lowest BCUT2D eigenvalue weighted by atomic mass is 10.3. The molecule has 0 amide bonds. The predicted molar refractivity (Wildman–Crippen MR) is 63.9 cm³/mol. The van der Waals surface area contributed by atoms with E-state index in [1.165, 1.54) is 24.3 Å². The Morgan fingerprint density at radius 3 is 2.68 bits per heavy atom. The van der Waals surface area contributed by atoms with Crippen LogP contribution in [0.3, 0.4) is 0 Å². The van der Waals surface area contributed by atoms with Crippen molar-refractivity contribution in [3.05, 3.63) is 34.4 Å². The number of non-ortho nitro benzene ring substituents is 1. The van der Waals surface area contributed by atoms with Gasteiger partial charge in [-0.15, -0.1) is 0 Å². The molecule has 0 aliphatic carbocycles. The highest BCUT2D eigenvalue weighted by molar-refractivity contribution is 5.74. The minimum absolute atomic E-state index is 0.00354. The number of nitro groups is 1. The van der Waals surface area contributed by atoms with E-state index in [0.29, 0.717) is 5.75 Å². The number of benzene rings is 1. The first-order valence-corrected chi connectivity index (χ1v) is 5.75. The fourth-order valence-corrected chi connectivity index (χ4v) is 1.62. The van der Waals surface area contributed by atoms with Gasteiger partial charge in [-0.1, -0.05) is 0 Å². The molecule has 7 heteroatoms. The summed E-state index contributed by atoms with van der Waals surface area (Å²) in [6.45, 7) is 1.98. The molecule has 1 heterocycles. The third-order valence-electron chi connectivity index (χ3n) is 2.62. The van der Waals surface area contributed by atoms with Crippen molar-refractivity contribution in [3.8, 4) is 5.75 Å². The topological polar surface area (TPSA) is 87.9 Å². The molecule has 0 bridgehead atoms. The molecule has 0 spiro atoms. The summed E-state index contributed by atoms with van der Waals surface area (Å²) < 4.78 is 15.7. The molecule has 1 saturated heterocycles. The summed E-state index contributed by atoms with van der Waals surface area (Å²) in [6.07, 6.45) is -0.929. The van der Waals surface area contributed by atoms with Crippen LogP contribution in [0.4, 0.5) is 5.69 Å². The number of nitro benzene ring substituents is 1. The van der Waals surface area contributed by atoms with E-state index in [1.807, 2.05) is 0 Å². The van der Waals surface area contributed by atoms with Crippen molar-refractivity contribution in [2.75, 3.05) is 13.2 Å². The molecule has 1 aromatic rings. The summed E-state index contributed by atoms with van der Waals surface area (Å²) in [6, 6.07) is 5.74. The standard InChI is InChI=1S/C12H13NO6/c1-8-12(14)18-7-11(19-8)6-17-10-4-2-9(3-5-10)13(15)16/h2-5,8,11H,6-7H2,1H3/t8-,11+/m0/s1. The molecule has 1 aliphatic rings. The SMILES string of the molecule is C[C@@H]1O[C@H](COc2ccc([N+](=O)[O-])cc2)COC1=O. The van der Waals surface area contributed by atoms with Gasteiger partial charge in [0.25, 0.3) is 5.69 Å². The first kappa shape index (κ1) is 13.3. The lowest BCUT2D eigenvalue weighted by Crippen LogP contribution is -2.41. The zero-order valence-electron chi connectivity index (χ0n) is 10.3. The number of hydrogen-bond acceptors (Lipinski definition) is 6. The molecule has 2 rings (SSSR count). The van der Waals surface area contributed by atoms with Crippen LogP contribution < -0.4 is 4.74 Å². The fraction of sp³-hybridized carbons (Fsp3) is 0.417. The zero-order chi connectivity index (χ0) is 13.8. The molecule has 0 aromatic heterocycles. The van der Waals surface area contributed by atoms with Crippen molar-refractivity contribution < 1.29 is 23.9 Å². The van der Waals surface area contributed by atoms with E-state index < -0.39 is 11.0 Å². The Labute approximate surface area is 109 Å². The van der Waals surface area contributed by atoms with Crippen molar-refractivity contribution in [1.29, 1.82) is 0 Å². The van der Waals surface area contributed by atoms with E-state index >= 15 is 0 Å². The van der Waals surface area contributed by atoms with E-state index in [1.54, 1.807) is 6.92 Å². The van der Waals surface area contributed by atoms with Gasteiger partial charge in [0.15, 0.2) is 6.10 Å². The second kappa shape index (κ2) is 5.66. The van der Waals surface area contributed by atoms with Gasteiger partial charge >= 0.3 is 5.97 Å². The highest BCUT2D eigenvalue weighted by atomic mass is 16.6. The van der Waals surface area contributed by atoms with Crippen LogP contribution in [0.15, 0.2) is 24.3 Å². The fourth-order valence-electron chi connectivity index (χ4n) is 1.62. The number of hydrogen-bond donors (Lipinski definition) is 0. The number of ether oxygens (including phenoxy) is 3. The Morgan fingerprint density at radius 2 is 2.11 bits per heavy atom. The summed E-state index contributed by atoms with van der Waals surface area (Å²) in [5.41, 5.74) is 0.00354. The molecule has 0 radical (unpaired) electrons. The quantitative estimate of drug-likeness (QED) is 0.464. The normalized spacial score (nSPS) is 22.7.